The summed E-state index contributed by atoms with van der Waals surface area (Å²) in [5, 5.41) is 36.8. The third-order valence-electron chi connectivity index (χ3n) is 2.04. The van der Waals surface area contributed by atoms with Crippen molar-refractivity contribution in [1.29, 1.82) is 0 Å². The zero-order chi connectivity index (χ0) is 10.9. The third kappa shape index (κ3) is 2.65. The molecule has 1 aromatic carbocycles. The topological polar surface area (TPSA) is 107 Å². The molecule has 0 fully saturated rings. The van der Waals surface area contributed by atoms with Crippen molar-refractivity contribution in [1.82, 2.24) is 0 Å². The number of hydrogen-bond acceptors (Lipinski definition) is 5. The lowest BCUT2D eigenvalue weighted by atomic mass is 10.0. The van der Waals surface area contributed by atoms with Crippen LogP contribution in [0.2, 0.25) is 0 Å². The van der Waals surface area contributed by atoms with E-state index < -0.39 is 29.4 Å². The van der Waals surface area contributed by atoms with Gasteiger partial charge in [0.05, 0.1) is 12.1 Å². The van der Waals surface area contributed by atoms with Gasteiger partial charge in [0.1, 0.15) is 0 Å². The summed E-state index contributed by atoms with van der Waals surface area (Å²) in [7, 11) is 0. The van der Waals surface area contributed by atoms with Gasteiger partial charge in [-0.25, -0.2) is 0 Å². The zero-order valence-corrected chi connectivity index (χ0v) is 8.90. The van der Waals surface area contributed by atoms with E-state index in [4.69, 9.17) is 10.8 Å². The molecule has 1 rings (SSSR count). The van der Waals surface area contributed by atoms with E-state index in [0.717, 1.165) is 0 Å². The number of benzene rings is 1. The van der Waals surface area contributed by atoms with Crippen molar-refractivity contribution in [2.75, 3.05) is 0 Å². The van der Waals surface area contributed by atoms with Crippen LogP contribution in [0.3, 0.4) is 0 Å². The summed E-state index contributed by atoms with van der Waals surface area (Å²) in [6, 6.07) is 1.75. The fraction of sp³-hybridized carbons (Fsp3) is 0.333. The lowest BCUT2D eigenvalue weighted by molar-refractivity contribution is 0.162. The molecular formula is C9H14ClNO4. The zero-order valence-electron chi connectivity index (χ0n) is 8.08. The number of phenolic OH excluding ortho intramolecular Hbond substituents is 3. The van der Waals surface area contributed by atoms with Gasteiger partial charge >= 0.3 is 0 Å². The van der Waals surface area contributed by atoms with Crippen molar-refractivity contribution in [2.45, 2.75) is 19.1 Å². The van der Waals surface area contributed by atoms with E-state index in [1.54, 1.807) is 0 Å². The fourth-order valence-electron chi connectivity index (χ4n) is 1.11. The number of phenols is 3. The minimum Gasteiger partial charge on any atom is -0.504 e. The minimum atomic E-state index is -0.857. The van der Waals surface area contributed by atoms with Gasteiger partial charge in [0, 0.05) is 5.56 Å². The van der Waals surface area contributed by atoms with Crippen molar-refractivity contribution >= 4 is 12.4 Å². The summed E-state index contributed by atoms with van der Waals surface area (Å²) >= 11 is 0. The van der Waals surface area contributed by atoms with E-state index in [1.165, 1.54) is 19.1 Å². The molecule has 1 aromatic rings. The average Bonchev–Trinajstić information content (AvgIpc) is 2.13. The Bertz CT molecular complexity index is 343. The van der Waals surface area contributed by atoms with Crippen LogP contribution in [0.15, 0.2) is 12.1 Å². The molecule has 6 heteroatoms. The summed E-state index contributed by atoms with van der Waals surface area (Å²) in [6.07, 6.45) is -0.857. The van der Waals surface area contributed by atoms with Crippen LogP contribution in [0.1, 0.15) is 18.5 Å². The molecule has 86 valence electrons. The number of hydrogen-bond donors (Lipinski definition) is 5. The molecule has 2 atom stereocenters. The number of halogens is 1. The fourth-order valence-corrected chi connectivity index (χ4v) is 1.11. The maximum atomic E-state index is 9.40. The van der Waals surface area contributed by atoms with Crippen LogP contribution in [0, 0.1) is 0 Å². The normalized spacial score (nSPS) is 14.1. The maximum Gasteiger partial charge on any atom is 0.200 e. The Hall–Kier alpha value is -1.17. The van der Waals surface area contributed by atoms with Crippen LogP contribution < -0.4 is 5.73 Å². The first-order valence-electron chi connectivity index (χ1n) is 4.12. The van der Waals surface area contributed by atoms with Crippen LogP contribution in [-0.4, -0.2) is 26.5 Å². The standard InChI is InChI=1S/C9H13NO4.ClH/c1-4(11)7(10)5-2-3-6(12)9(14)8(5)13;/h2-4,7,11-14H,10H2,1H3;1H/t4-,7-;/m0./s1. The second kappa shape index (κ2) is 5.06. The molecule has 0 unspecified atom stereocenters. The van der Waals surface area contributed by atoms with Gasteiger partial charge in [-0.2, -0.15) is 0 Å². The highest BCUT2D eigenvalue weighted by Crippen LogP contribution is 2.39. The first-order chi connectivity index (χ1) is 6.45. The Morgan fingerprint density at radius 3 is 2.13 bits per heavy atom. The van der Waals surface area contributed by atoms with Crippen LogP contribution in [-0.2, 0) is 0 Å². The van der Waals surface area contributed by atoms with Crippen LogP contribution >= 0.6 is 12.4 Å². The Kier molecular flexibility index (Phi) is 4.67. The summed E-state index contributed by atoms with van der Waals surface area (Å²) in [4.78, 5) is 0. The van der Waals surface area contributed by atoms with Crippen molar-refractivity contribution in [3.05, 3.63) is 17.7 Å². The molecule has 0 aliphatic rings. The summed E-state index contributed by atoms with van der Waals surface area (Å²) in [5.41, 5.74) is 5.74. The van der Waals surface area contributed by atoms with Crippen molar-refractivity contribution in [3.63, 3.8) is 0 Å². The van der Waals surface area contributed by atoms with Crippen LogP contribution in [0.25, 0.3) is 0 Å². The number of nitrogens with two attached hydrogens (primary N) is 1. The van der Waals surface area contributed by atoms with E-state index in [9.17, 15) is 15.3 Å². The third-order valence-corrected chi connectivity index (χ3v) is 2.04. The Morgan fingerprint density at radius 1 is 1.13 bits per heavy atom. The number of rotatable bonds is 2. The number of aromatic hydroxyl groups is 3. The summed E-state index contributed by atoms with van der Waals surface area (Å²) < 4.78 is 0. The van der Waals surface area contributed by atoms with Crippen LogP contribution in [0.5, 0.6) is 17.2 Å². The summed E-state index contributed by atoms with van der Waals surface area (Å²) in [5.74, 6) is -1.55. The quantitative estimate of drug-likeness (QED) is 0.483. The van der Waals surface area contributed by atoms with Gasteiger partial charge in [-0.15, -0.1) is 12.4 Å². The number of aliphatic hydroxyl groups is 1. The molecule has 0 aromatic heterocycles. The van der Waals surface area contributed by atoms with E-state index in [2.05, 4.69) is 0 Å². The number of aliphatic hydroxyl groups excluding tert-OH is 1. The van der Waals surface area contributed by atoms with E-state index in [-0.39, 0.29) is 18.0 Å². The van der Waals surface area contributed by atoms with E-state index >= 15 is 0 Å². The van der Waals surface area contributed by atoms with Crippen molar-refractivity contribution < 1.29 is 20.4 Å². The molecule has 0 radical (unpaired) electrons. The van der Waals surface area contributed by atoms with Gasteiger partial charge in [0.15, 0.2) is 11.5 Å². The van der Waals surface area contributed by atoms with E-state index in [0.29, 0.717) is 0 Å². The maximum absolute atomic E-state index is 9.40. The lowest BCUT2D eigenvalue weighted by Crippen LogP contribution is -2.23. The summed E-state index contributed by atoms with van der Waals surface area (Å²) in [6.45, 7) is 1.47. The molecule has 0 aliphatic heterocycles. The Morgan fingerprint density at radius 2 is 1.67 bits per heavy atom. The van der Waals surface area contributed by atoms with Crippen molar-refractivity contribution in [3.8, 4) is 17.2 Å². The Balaban J connectivity index is 0.00000196. The predicted octanol–water partition coefficient (Wildman–Crippen LogP) is 0.606. The predicted molar refractivity (Wildman–Crippen MR) is 57.3 cm³/mol. The smallest absolute Gasteiger partial charge is 0.200 e. The first-order valence-corrected chi connectivity index (χ1v) is 4.12. The molecule has 5 nitrogen and oxygen atoms in total. The minimum absolute atomic E-state index is 0. The molecule has 0 heterocycles. The molecule has 0 saturated carbocycles. The molecule has 0 spiro atoms. The van der Waals surface area contributed by atoms with Gasteiger partial charge < -0.3 is 26.2 Å². The largest absolute Gasteiger partial charge is 0.504 e. The van der Waals surface area contributed by atoms with Gasteiger partial charge in [-0.05, 0) is 19.1 Å². The average molecular weight is 236 g/mol. The Labute approximate surface area is 93.2 Å². The highest BCUT2D eigenvalue weighted by atomic mass is 35.5. The molecule has 0 bridgehead atoms. The second-order valence-corrected chi connectivity index (χ2v) is 3.14. The first kappa shape index (κ1) is 13.8. The molecule has 15 heavy (non-hydrogen) atoms. The molecule has 6 N–H and O–H groups in total. The lowest BCUT2D eigenvalue weighted by Gasteiger charge is -2.17. The molecule has 0 saturated heterocycles. The van der Waals surface area contributed by atoms with Crippen molar-refractivity contribution in [2.24, 2.45) is 5.73 Å². The highest BCUT2D eigenvalue weighted by Gasteiger charge is 2.19. The molecule has 0 aliphatic carbocycles. The van der Waals surface area contributed by atoms with Gasteiger partial charge in [-0.1, -0.05) is 0 Å². The molecular weight excluding hydrogens is 222 g/mol. The van der Waals surface area contributed by atoms with Gasteiger partial charge in [-0.3, -0.25) is 0 Å². The van der Waals surface area contributed by atoms with Crippen LogP contribution in [0.4, 0.5) is 0 Å². The van der Waals surface area contributed by atoms with E-state index in [1.807, 2.05) is 0 Å². The van der Waals surface area contributed by atoms with Gasteiger partial charge in [0.2, 0.25) is 5.75 Å². The highest BCUT2D eigenvalue weighted by molar-refractivity contribution is 5.85. The SMILES string of the molecule is C[C@H](O)[C@H](N)c1ccc(O)c(O)c1O.Cl. The van der Waals surface area contributed by atoms with Gasteiger partial charge in [0.25, 0.3) is 0 Å². The second-order valence-electron chi connectivity index (χ2n) is 3.14. The molecule has 0 amide bonds. The monoisotopic (exact) mass is 235 g/mol.